The van der Waals surface area contributed by atoms with Crippen molar-refractivity contribution < 1.29 is 4.74 Å². The molecule has 0 aromatic heterocycles. The molecule has 0 aromatic carbocycles. The standard InChI is InChI=1S/C9H21NO/c1-3-8-11-9-6-5-7-10-4-2/h10H,3-9H2,1-2H3. The quantitative estimate of drug-likeness (QED) is 0.545. The predicted octanol–water partition coefficient (Wildman–Crippen LogP) is 1.80. The third-order valence-electron chi connectivity index (χ3n) is 1.49. The van der Waals surface area contributed by atoms with E-state index in [1.165, 1.54) is 12.8 Å². The first kappa shape index (κ1) is 10.9. The minimum absolute atomic E-state index is 0.918. The van der Waals surface area contributed by atoms with Crippen LogP contribution < -0.4 is 5.32 Å². The minimum Gasteiger partial charge on any atom is -0.381 e. The molecule has 68 valence electrons. The molecule has 0 atom stereocenters. The summed E-state index contributed by atoms with van der Waals surface area (Å²) in [6, 6.07) is 0. The maximum atomic E-state index is 5.34. The highest BCUT2D eigenvalue weighted by atomic mass is 16.5. The van der Waals surface area contributed by atoms with Gasteiger partial charge in [0, 0.05) is 13.2 Å². The molecule has 0 heterocycles. The van der Waals surface area contributed by atoms with Crippen LogP contribution in [0.3, 0.4) is 0 Å². The Morgan fingerprint density at radius 1 is 1.09 bits per heavy atom. The van der Waals surface area contributed by atoms with Gasteiger partial charge in [0.05, 0.1) is 0 Å². The molecule has 0 saturated heterocycles. The molecule has 0 aromatic rings. The van der Waals surface area contributed by atoms with Crippen LogP contribution in [0, 0.1) is 0 Å². The second-order valence-electron chi connectivity index (χ2n) is 2.67. The van der Waals surface area contributed by atoms with Crippen molar-refractivity contribution in [2.24, 2.45) is 0 Å². The Balaban J connectivity index is 2.69. The molecule has 0 fully saturated rings. The first-order valence-corrected chi connectivity index (χ1v) is 4.70. The molecule has 11 heavy (non-hydrogen) atoms. The molecule has 2 heteroatoms. The zero-order valence-corrected chi connectivity index (χ0v) is 7.86. The lowest BCUT2D eigenvalue weighted by Crippen LogP contribution is -2.14. The normalized spacial score (nSPS) is 10.4. The fourth-order valence-electron chi connectivity index (χ4n) is 0.877. The highest BCUT2D eigenvalue weighted by molar-refractivity contribution is 4.44. The Hall–Kier alpha value is -0.0800. The number of rotatable bonds is 8. The van der Waals surface area contributed by atoms with Crippen LogP contribution in [0.5, 0.6) is 0 Å². The van der Waals surface area contributed by atoms with Crippen molar-refractivity contribution in [1.29, 1.82) is 0 Å². The summed E-state index contributed by atoms with van der Waals surface area (Å²) in [7, 11) is 0. The summed E-state index contributed by atoms with van der Waals surface area (Å²) in [4.78, 5) is 0. The molecule has 0 aliphatic rings. The van der Waals surface area contributed by atoms with Crippen LogP contribution in [0.15, 0.2) is 0 Å². The van der Waals surface area contributed by atoms with Gasteiger partial charge in [-0.25, -0.2) is 0 Å². The van der Waals surface area contributed by atoms with Crippen molar-refractivity contribution in [1.82, 2.24) is 5.32 Å². The molecule has 0 unspecified atom stereocenters. The average Bonchev–Trinajstić information content (AvgIpc) is 2.03. The number of unbranched alkanes of at least 4 members (excludes halogenated alkanes) is 1. The summed E-state index contributed by atoms with van der Waals surface area (Å²) < 4.78 is 5.34. The van der Waals surface area contributed by atoms with E-state index in [1.54, 1.807) is 0 Å². The van der Waals surface area contributed by atoms with E-state index < -0.39 is 0 Å². The van der Waals surface area contributed by atoms with Gasteiger partial charge in [-0.15, -0.1) is 0 Å². The van der Waals surface area contributed by atoms with Gasteiger partial charge in [0.25, 0.3) is 0 Å². The van der Waals surface area contributed by atoms with Gasteiger partial charge in [0.1, 0.15) is 0 Å². The van der Waals surface area contributed by atoms with Crippen LogP contribution in [0.25, 0.3) is 0 Å². The molecular weight excluding hydrogens is 138 g/mol. The number of hydrogen-bond acceptors (Lipinski definition) is 2. The van der Waals surface area contributed by atoms with Gasteiger partial charge < -0.3 is 10.1 Å². The molecule has 0 bridgehead atoms. The summed E-state index contributed by atoms with van der Waals surface area (Å²) >= 11 is 0. The van der Waals surface area contributed by atoms with Gasteiger partial charge in [0.15, 0.2) is 0 Å². The summed E-state index contributed by atoms with van der Waals surface area (Å²) in [6.45, 7) is 8.33. The van der Waals surface area contributed by atoms with E-state index in [0.717, 1.165) is 32.7 Å². The largest absolute Gasteiger partial charge is 0.381 e. The van der Waals surface area contributed by atoms with Crippen LogP contribution in [0.4, 0.5) is 0 Å². The van der Waals surface area contributed by atoms with E-state index in [2.05, 4.69) is 19.2 Å². The first-order valence-electron chi connectivity index (χ1n) is 4.70. The van der Waals surface area contributed by atoms with Gasteiger partial charge in [0.2, 0.25) is 0 Å². The molecule has 0 aliphatic heterocycles. The summed E-state index contributed by atoms with van der Waals surface area (Å²) in [6.07, 6.45) is 3.55. The lowest BCUT2D eigenvalue weighted by Gasteiger charge is -2.02. The molecular formula is C9H21NO. The van der Waals surface area contributed by atoms with Crippen molar-refractivity contribution in [3.8, 4) is 0 Å². The van der Waals surface area contributed by atoms with E-state index in [4.69, 9.17) is 4.74 Å². The number of nitrogens with one attached hydrogen (secondary N) is 1. The fraction of sp³-hybridized carbons (Fsp3) is 1.00. The Morgan fingerprint density at radius 3 is 2.55 bits per heavy atom. The number of ether oxygens (including phenoxy) is 1. The third-order valence-corrected chi connectivity index (χ3v) is 1.49. The van der Waals surface area contributed by atoms with Crippen LogP contribution in [0.2, 0.25) is 0 Å². The highest BCUT2D eigenvalue weighted by Crippen LogP contribution is 1.89. The smallest absolute Gasteiger partial charge is 0.0466 e. The Bertz CT molecular complexity index is 58.6. The van der Waals surface area contributed by atoms with Gasteiger partial charge in [-0.05, 0) is 32.4 Å². The molecule has 0 radical (unpaired) electrons. The van der Waals surface area contributed by atoms with Gasteiger partial charge >= 0.3 is 0 Å². The summed E-state index contributed by atoms with van der Waals surface area (Å²) in [5, 5.41) is 3.28. The summed E-state index contributed by atoms with van der Waals surface area (Å²) in [5.41, 5.74) is 0. The van der Waals surface area contributed by atoms with E-state index in [0.29, 0.717) is 0 Å². The lowest BCUT2D eigenvalue weighted by molar-refractivity contribution is 0.131. The first-order chi connectivity index (χ1) is 5.41. The monoisotopic (exact) mass is 159 g/mol. The van der Waals surface area contributed by atoms with E-state index >= 15 is 0 Å². The molecule has 0 saturated carbocycles. The summed E-state index contributed by atoms with van der Waals surface area (Å²) in [5.74, 6) is 0. The number of hydrogen-bond donors (Lipinski definition) is 1. The highest BCUT2D eigenvalue weighted by Gasteiger charge is 1.87. The second-order valence-corrected chi connectivity index (χ2v) is 2.67. The van der Waals surface area contributed by atoms with Crippen molar-refractivity contribution >= 4 is 0 Å². The van der Waals surface area contributed by atoms with E-state index in [1.807, 2.05) is 0 Å². The molecule has 0 aliphatic carbocycles. The van der Waals surface area contributed by atoms with Crippen molar-refractivity contribution in [2.45, 2.75) is 33.1 Å². The molecule has 0 spiro atoms. The van der Waals surface area contributed by atoms with E-state index in [-0.39, 0.29) is 0 Å². The minimum atomic E-state index is 0.918. The Labute approximate surface area is 70.3 Å². The molecule has 0 rings (SSSR count). The van der Waals surface area contributed by atoms with Crippen LogP contribution in [0.1, 0.15) is 33.1 Å². The maximum absolute atomic E-state index is 5.34. The zero-order valence-electron chi connectivity index (χ0n) is 7.86. The van der Waals surface area contributed by atoms with Crippen molar-refractivity contribution in [3.63, 3.8) is 0 Å². The Morgan fingerprint density at radius 2 is 1.91 bits per heavy atom. The maximum Gasteiger partial charge on any atom is 0.0466 e. The third kappa shape index (κ3) is 9.92. The van der Waals surface area contributed by atoms with Crippen LogP contribution in [-0.2, 0) is 4.74 Å². The lowest BCUT2D eigenvalue weighted by atomic mass is 10.3. The van der Waals surface area contributed by atoms with E-state index in [9.17, 15) is 0 Å². The van der Waals surface area contributed by atoms with Gasteiger partial charge in [-0.3, -0.25) is 0 Å². The van der Waals surface area contributed by atoms with Crippen molar-refractivity contribution in [2.75, 3.05) is 26.3 Å². The van der Waals surface area contributed by atoms with Crippen LogP contribution in [-0.4, -0.2) is 26.3 Å². The van der Waals surface area contributed by atoms with Gasteiger partial charge in [-0.1, -0.05) is 13.8 Å². The second kappa shape index (κ2) is 9.92. The fourth-order valence-corrected chi connectivity index (χ4v) is 0.877. The molecule has 1 N–H and O–H groups in total. The zero-order chi connectivity index (χ0) is 8.36. The van der Waals surface area contributed by atoms with Gasteiger partial charge in [-0.2, -0.15) is 0 Å². The predicted molar refractivity (Wildman–Crippen MR) is 48.9 cm³/mol. The Kier molecular flexibility index (Phi) is 9.85. The van der Waals surface area contributed by atoms with Crippen LogP contribution >= 0.6 is 0 Å². The van der Waals surface area contributed by atoms with Crippen molar-refractivity contribution in [3.05, 3.63) is 0 Å². The SMILES string of the molecule is CCCOCCCCNCC. The average molecular weight is 159 g/mol. The topological polar surface area (TPSA) is 21.3 Å². The molecule has 0 amide bonds. The molecule has 2 nitrogen and oxygen atoms in total.